The first-order chi connectivity index (χ1) is 10.9. The van der Waals surface area contributed by atoms with Crippen LogP contribution in [-0.4, -0.2) is 43.5 Å². The summed E-state index contributed by atoms with van der Waals surface area (Å²) in [5.74, 6) is -0.823. The van der Waals surface area contributed by atoms with Crippen molar-refractivity contribution in [3.63, 3.8) is 0 Å². The molecule has 0 aromatic carbocycles. The molecule has 0 aliphatic rings. The lowest BCUT2D eigenvalue weighted by atomic mass is 10.6. The zero-order chi connectivity index (χ0) is 20.3. The third-order valence-electron chi connectivity index (χ3n) is 1.92. The van der Waals surface area contributed by atoms with Crippen molar-refractivity contribution in [3.05, 3.63) is 22.8 Å². The first-order valence-electron chi connectivity index (χ1n) is 5.48. The molecule has 146 valence electrons. The largest absolute Gasteiger partial charge is 0.480 e. The van der Waals surface area contributed by atoms with Crippen LogP contribution in [0.1, 0.15) is 0 Å². The van der Waals surface area contributed by atoms with Gasteiger partial charge in [0, 0.05) is 0 Å². The van der Waals surface area contributed by atoms with E-state index in [1.54, 1.807) is 27.9 Å². The van der Waals surface area contributed by atoms with Gasteiger partial charge in [-0.05, 0) is 0 Å². The van der Waals surface area contributed by atoms with Crippen LogP contribution in [0.3, 0.4) is 0 Å². The molecule has 1 heterocycles. The van der Waals surface area contributed by atoms with Gasteiger partial charge < -0.3 is 9.23 Å². The van der Waals surface area contributed by atoms with E-state index in [-0.39, 0.29) is 6.54 Å². The quantitative estimate of drug-likeness (QED) is 0.556. The zero-order valence-corrected chi connectivity index (χ0v) is 13.5. The minimum Gasteiger partial charge on any atom is -0.478 e. The normalized spacial score (nSPS) is 13.1. The van der Waals surface area contributed by atoms with Gasteiger partial charge in [0.2, 0.25) is 6.33 Å². The van der Waals surface area contributed by atoms with Crippen molar-refractivity contribution in [2.75, 3.05) is 0 Å². The fourth-order valence-electron chi connectivity index (χ4n) is 0.965. The van der Waals surface area contributed by atoms with Crippen LogP contribution in [0, 0.1) is 0 Å². The number of imidazole rings is 1. The highest BCUT2D eigenvalue weighted by Gasteiger charge is 2.46. The fourth-order valence-corrected chi connectivity index (χ4v) is 2.67. The fraction of sp³-hybridized carbons (Fsp3) is 0.500. The molecule has 9 nitrogen and oxygen atoms in total. The van der Waals surface area contributed by atoms with Crippen LogP contribution in [0.15, 0.2) is 18.7 Å². The number of hydrogen-bond acceptors (Lipinski definition) is 5. The topological polar surface area (TPSA) is 128 Å². The van der Waals surface area contributed by atoms with E-state index in [4.69, 9.17) is 5.11 Å². The predicted octanol–water partition coefficient (Wildman–Crippen LogP) is 0.456. The number of rotatable bonds is 4. The van der Waals surface area contributed by atoms with Crippen LogP contribution in [-0.2, 0) is 38.4 Å². The van der Waals surface area contributed by atoms with Gasteiger partial charge in [-0.2, -0.15) is 26.3 Å². The summed E-state index contributed by atoms with van der Waals surface area (Å²) >= 11 is 0. The van der Waals surface area contributed by atoms with Crippen molar-refractivity contribution >= 4 is 26.0 Å². The van der Waals surface area contributed by atoms with Gasteiger partial charge in [-0.25, -0.2) is 30.8 Å². The molecule has 0 fully saturated rings. The Kier molecular flexibility index (Phi) is 6.99. The Labute approximate surface area is 136 Å². The molecule has 0 atom stereocenters. The van der Waals surface area contributed by atoms with Gasteiger partial charge >= 0.3 is 17.0 Å². The molecule has 0 aliphatic carbocycles. The summed E-state index contributed by atoms with van der Waals surface area (Å²) in [6.07, 6.45) is 5.23. The van der Waals surface area contributed by atoms with Crippen molar-refractivity contribution in [1.82, 2.24) is 4.57 Å². The van der Waals surface area contributed by atoms with Crippen molar-refractivity contribution in [2.24, 2.45) is 7.05 Å². The lowest BCUT2D eigenvalue weighted by molar-refractivity contribution is -0.671. The summed E-state index contributed by atoms with van der Waals surface area (Å²) < 4.78 is 113. The molecule has 0 saturated heterocycles. The Morgan fingerprint density at radius 1 is 1.08 bits per heavy atom. The maximum atomic E-state index is 11.4. The molecule has 0 radical (unpaired) electrons. The summed E-state index contributed by atoms with van der Waals surface area (Å²) in [5, 5.41) is 8.35. The van der Waals surface area contributed by atoms with Crippen molar-refractivity contribution in [1.29, 1.82) is 0 Å². The number of sulfonamides is 2. The number of hydrogen-bond donors (Lipinski definition) is 1. The number of alkyl halides is 6. The molecule has 0 spiro atoms. The van der Waals surface area contributed by atoms with E-state index < -0.39 is 37.0 Å². The zero-order valence-electron chi connectivity index (χ0n) is 11.9. The molecule has 0 unspecified atom stereocenters. The number of carboxylic acids is 1. The summed E-state index contributed by atoms with van der Waals surface area (Å²) in [6, 6.07) is 0. The van der Waals surface area contributed by atoms with Crippen molar-refractivity contribution < 1.29 is 57.6 Å². The highest BCUT2D eigenvalue weighted by atomic mass is 32.3. The van der Waals surface area contributed by atoms with Gasteiger partial charge in [-0.1, -0.05) is 0 Å². The lowest BCUT2D eigenvalue weighted by Crippen LogP contribution is -2.30. The second-order valence-electron chi connectivity index (χ2n) is 4.06. The number of carboxylic acid groups (broad SMARTS) is 1. The number of carbonyl (C=O) groups is 1. The van der Waals surface area contributed by atoms with Crippen molar-refractivity contribution in [3.8, 4) is 0 Å². The third-order valence-corrected chi connectivity index (χ3v) is 4.66. The molecule has 17 heteroatoms. The number of aromatic nitrogens is 2. The Hall–Kier alpha value is -1.88. The van der Waals surface area contributed by atoms with E-state index in [1.807, 2.05) is 7.05 Å². The van der Waals surface area contributed by atoms with Crippen LogP contribution in [0.25, 0.3) is 4.13 Å². The first kappa shape index (κ1) is 23.1. The molecular weight excluding hydrogens is 412 g/mol. The average Bonchev–Trinajstić information content (AvgIpc) is 2.70. The molecule has 1 aromatic heterocycles. The van der Waals surface area contributed by atoms with Crippen LogP contribution in [0.4, 0.5) is 26.3 Å². The molecule has 1 N–H and O–H groups in total. The second kappa shape index (κ2) is 7.56. The highest BCUT2D eigenvalue weighted by Crippen LogP contribution is 2.36. The highest BCUT2D eigenvalue weighted by molar-refractivity contribution is 8.13. The third kappa shape index (κ3) is 7.26. The van der Waals surface area contributed by atoms with E-state index in [1.165, 1.54) is 0 Å². The maximum Gasteiger partial charge on any atom is 0.480 e. The van der Waals surface area contributed by atoms with Crippen LogP contribution < -0.4 is 4.57 Å². The monoisotopic (exact) mass is 421 g/mol. The SMILES string of the molecule is C[n+]1ccn(CC(=O)O)c1.O=S(=O)([N-]S(=O)(=O)C(F)(F)F)C(F)(F)F. The number of aliphatic carboxylic acids is 1. The van der Waals surface area contributed by atoms with Crippen LogP contribution >= 0.6 is 0 Å². The Bertz CT molecular complexity index is 768. The van der Waals surface area contributed by atoms with Gasteiger partial charge in [0.1, 0.15) is 12.4 Å². The number of halogens is 6. The molecule has 1 aromatic rings. The Morgan fingerprint density at radius 3 is 1.72 bits per heavy atom. The number of nitrogens with zero attached hydrogens (tertiary/aromatic N) is 3. The van der Waals surface area contributed by atoms with E-state index in [0.29, 0.717) is 0 Å². The maximum absolute atomic E-state index is 11.4. The summed E-state index contributed by atoms with van der Waals surface area (Å²) in [4.78, 5) is 10.1. The van der Waals surface area contributed by atoms with Gasteiger partial charge in [-0.3, -0.25) is 0 Å². The predicted molar refractivity (Wildman–Crippen MR) is 66.6 cm³/mol. The molecule has 25 heavy (non-hydrogen) atoms. The summed E-state index contributed by atoms with van der Waals surface area (Å²) in [7, 11) is -11.6. The van der Waals surface area contributed by atoms with Crippen LogP contribution in [0.2, 0.25) is 0 Å². The first-order valence-corrected chi connectivity index (χ1v) is 8.36. The van der Waals surface area contributed by atoms with Gasteiger partial charge in [0.05, 0.1) is 7.05 Å². The van der Waals surface area contributed by atoms with E-state index in [2.05, 4.69) is 0 Å². The minimum absolute atomic E-state index is 0.0286. The molecule has 0 amide bonds. The van der Waals surface area contributed by atoms with Crippen molar-refractivity contribution in [2.45, 2.75) is 17.6 Å². The van der Waals surface area contributed by atoms with E-state index >= 15 is 0 Å². The van der Waals surface area contributed by atoms with Crippen LogP contribution in [0.5, 0.6) is 0 Å². The number of aryl methyl sites for hydroxylation is 1. The molecule has 0 bridgehead atoms. The molecular formula is C8H9F6N3O6S2. The Morgan fingerprint density at radius 2 is 1.48 bits per heavy atom. The van der Waals surface area contributed by atoms with Gasteiger partial charge in [0.25, 0.3) is 0 Å². The molecule has 0 saturated carbocycles. The Balaban J connectivity index is 0.000000496. The van der Waals surface area contributed by atoms with Gasteiger partial charge in [0.15, 0.2) is 26.6 Å². The minimum atomic E-state index is -6.72. The summed E-state index contributed by atoms with van der Waals surface area (Å²) in [5.41, 5.74) is -12.4. The summed E-state index contributed by atoms with van der Waals surface area (Å²) in [6.45, 7) is 0.0286. The standard InChI is InChI=1S/C6H8N2O2.C2F6NO4S2/c1-7-2-3-8(5-7)4-6(9)10;3-1(4,5)14(10,11)9-15(12,13)2(6,7)8/h2-3,5H,4H2,1H3;/q;-1/p+1. The van der Waals surface area contributed by atoms with E-state index in [9.17, 15) is 48.0 Å². The van der Waals surface area contributed by atoms with Gasteiger partial charge in [-0.15, -0.1) is 0 Å². The molecule has 0 aliphatic heterocycles. The molecule has 1 rings (SSSR count). The second-order valence-corrected chi connectivity index (χ2v) is 7.48. The lowest BCUT2D eigenvalue weighted by Gasteiger charge is -2.22. The van der Waals surface area contributed by atoms with E-state index in [0.717, 1.165) is 4.13 Å². The average molecular weight is 421 g/mol. The smallest absolute Gasteiger partial charge is 0.478 e.